The molecule has 0 aliphatic rings. The van der Waals surface area contributed by atoms with Crippen LogP contribution >= 0.6 is 0 Å². The third-order valence-corrected chi connectivity index (χ3v) is 8.93. The van der Waals surface area contributed by atoms with Crippen LogP contribution in [0.1, 0.15) is 33.4 Å². The van der Waals surface area contributed by atoms with Crippen molar-refractivity contribution < 1.29 is 30.4 Å². The summed E-state index contributed by atoms with van der Waals surface area (Å²) < 4.78 is 67.5. The van der Waals surface area contributed by atoms with Crippen LogP contribution in [0.5, 0.6) is 11.5 Å². The van der Waals surface area contributed by atoms with Crippen LogP contribution in [0.2, 0.25) is 0 Å². The Morgan fingerprint density at radius 2 is 1.02 bits per heavy atom. The molecular weight excluding hydrogens is 673 g/mol. The minimum Gasteiger partial charge on any atom is -0.457 e. The van der Waals surface area contributed by atoms with E-state index >= 15 is 0 Å². The number of anilines is 2. The van der Waals surface area contributed by atoms with Crippen LogP contribution in [0.3, 0.4) is 0 Å². The molecule has 49 heavy (non-hydrogen) atoms. The van der Waals surface area contributed by atoms with Crippen molar-refractivity contribution in [2.75, 3.05) is 9.44 Å². The molecule has 0 aliphatic carbocycles. The van der Waals surface area contributed by atoms with Crippen LogP contribution in [0, 0.1) is 13.8 Å². The van der Waals surface area contributed by atoms with Crippen LogP contribution in [0.25, 0.3) is 21.9 Å². The molecule has 15 heteroatoms. The van der Waals surface area contributed by atoms with Gasteiger partial charge in [0.05, 0.1) is 11.4 Å². The third kappa shape index (κ3) is 7.81. The summed E-state index contributed by atoms with van der Waals surface area (Å²) in [5, 5.41) is 11.5. The maximum Gasteiger partial charge on any atom is 0.340 e. The summed E-state index contributed by atoms with van der Waals surface area (Å²) in [6, 6.07) is 23.3. The van der Waals surface area contributed by atoms with Crippen molar-refractivity contribution in [1.82, 2.24) is 0 Å². The molecule has 2 heterocycles. The number of rotatable bonds is 10. The molecule has 0 atom stereocenters. The quantitative estimate of drug-likeness (QED) is 0.145. The highest BCUT2D eigenvalue weighted by molar-refractivity contribution is 7.90. The summed E-state index contributed by atoms with van der Waals surface area (Å²) in [4.78, 5) is 26.1. The first kappa shape index (κ1) is 33.4. The molecule has 0 bridgehead atoms. The van der Waals surface area contributed by atoms with Crippen molar-refractivity contribution in [2.45, 2.75) is 26.7 Å². The average molecular weight is 703 g/mol. The number of nitrogens with two attached hydrogens (primary N) is 2. The van der Waals surface area contributed by atoms with Crippen molar-refractivity contribution in [3.8, 4) is 11.5 Å². The number of benzene rings is 4. The minimum atomic E-state index is -3.95. The molecule has 6 rings (SSSR count). The van der Waals surface area contributed by atoms with E-state index in [1.165, 1.54) is 0 Å². The van der Waals surface area contributed by atoms with E-state index in [2.05, 4.69) is 9.44 Å². The highest BCUT2D eigenvalue weighted by atomic mass is 32.2. The van der Waals surface area contributed by atoms with Gasteiger partial charge >= 0.3 is 11.3 Å². The predicted octanol–water partition coefficient (Wildman–Crippen LogP) is 4.72. The van der Waals surface area contributed by atoms with Gasteiger partial charge in [0.1, 0.15) is 22.7 Å². The Morgan fingerprint density at radius 1 is 0.612 bits per heavy atom. The molecule has 0 aliphatic heterocycles. The molecule has 0 saturated carbocycles. The Hall–Kier alpha value is -5.48. The topological polar surface area (TPSA) is 214 Å². The lowest BCUT2D eigenvalue weighted by Gasteiger charge is -2.12. The SMILES string of the molecule is Cc1c(Cc2cccc(NS(N)(=O)=O)c2)c(=O)oc2cc(Oc3ccc4c(C)c(Cc5cccc(NS(N)(=O)=O)c5)c(=O)oc4c3)ccc12. The molecule has 0 radical (unpaired) electrons. The lowest BCUT2D eigenvalue weighted by Crippen LogP contribution is -2.21. The molecule has 2 aromatic heterocycles. The van der Waals surface area contributed by atoms with Crippen molar-refractivity contribution in [3.63, 3.8) is 0 Å². The van der Waals surface area contributed by atoms with Gasteiger partial charge in [-0.3, -0.25) is 9.44 Å². The highest BCUT2D eigenvalue weighted by Gasteiger charge is 2.16. The monoisotopic (exact) mass is 702 g/mol. The van der Waals surface area contributed by atoms with Crippen molar-refractivity contribution in [2.24, 2.45) is 10.3 Å². The molecule has 0 unspecified atom stereocenters. The largest absolute Gasteiger partial charge is 0.457 e. The zero-order valence-electron chi connectivity index (χ0n) is 26.1. The summed E-state index contributed by atoms with van der Waals surface area (Å²) in [5.74, 6) is 0.764. The van der Waals surface area contributed by atoms with Crippen molar-refractivity contribution in [3.05, 3.63) is 139 Å². The van der Waals surface area contributed by atoms with Crippen LogP contribution in [-0.2, 0) is 33.3 Å². The Bertz CT molecular complexity index is 2440. The van der Waals surface area contributed by atoms with Gasteiger partial charge in [0, 0.05) is 46.9 Å². The second-order valence-corrected chi connectivity index (χ2v) is 14.0. The van der Waals surface area contributed by atoms with E-state index in [4.69, 9.17) is 23.8 Å². The Labute approximate surface area is 280 Å². The van der Waals surface area contributed by atoms with Crippen LogP contribution in [-0.4, -0.2) is 16.8 Å². The number of aryl methyl sites for hydroxylation is 2. The molecule has 0 saturated heterocycles. The fraction of sp³-hybridized carbons (Fsp3) is 0.118. The molecule has 4 aromatic carbocycles. The van der Waals surface area contributed by atoms with Crippen LogP contribution in [0.4, 0.5) is 11.4 Å². The minimum absolute atomic E-state index is 0.203. The zero-order chi connectivity index (χ0) is 35.1. The Balaban J connectivity index is 1.24. The predicted molar refractivity (Wildman–Crippen MR) is 186 cm³/mol. The maximum atomic E-state index is 13.1. The summed E-state index contributed by atoms with van der Waals surface area (Å²) in [6.45, 7) is 3.61. The van der Waals surface area contributed by atoms with Gasteiger partial charge in [-0.15, -0.1) is 0 Å². The molecule has 6 aromatic rings. The van der Waals surface area contributed by atoms with Crippen LogP contribution in [0.15, 0.2) is 103 Å². The molecule has 252 valence electrons. The molecule has 6 N–H and O–H groups in total. The first-order valence-electron chi connectivity index (χ1n) is 14.7. The van der Waals surface area contributed by atoms with Gasteiger partial charge in [0.15, 0.2) is 0 Å². The lowest BCUT2D eigenvalue weighted by atomic mass is 9.99. The number of hydrogen-bond donors (Lipinski definition) is 4. The standard InChI is InChI=1S/C34H30N4O9S2/c1-19-27-11-9-25(17-31(27)46-33(39)29(19)15-21-5-3-7-23(13-21)37-48(35,41)42)45-26-10-12-28-20(2)30(34(40)47-32(28)18-26)16-22-6-4-8-24(14-22)38-49(36,43)44/h3-14,17-18,37-38H,15-16H2,1-2H3,(H2,35,41,42)(H2,36,43,44). The van der Waals surface area contributed by atoms with Gasteiger partial charge in [-0.05, 0) is 84.6 Å². The second-order valence-electron chi connectivity index (χ2n) is 11.5. The van der Waals surface area contributed by atoms with Crippen LogP contribution < -0.4 is 35.7 Å². The lowest BCUT2D eigenvalue weighted by molar-refractivity contribution is 0.477. The first-order valence-corrected chi connectivity index (χ1v) is 17.8. The van der Waals surface area contributed by atoms with E-state index in [1.807, 2.05) is 13.8 Å². The van der Waals surface area contributed by atoms with Crippen molar-refractivity contribution in [1.29, 1.82) is 0 Å². The number of hydrogen-bond acceptors (Lipinski definition) is 9. The summed E-state index contributed by atoms with van der Waals surface area (Å²) in [7, 11) is -7.90. The Kier molecular flexibility index (Phi) is 8.77. The fourth-order valence-electron chi connectivity index (χ4n) is 5.65. The highest BCUT2D eigenvalue weighted by Crippen LogP contribution is 2.31. The molecule has 0 fully saturated rings. The molecule has 0 spiro atoms. The van der Waals surface area contributed by atoms with Gasteiger partial charge in [0.25, 0.3) is 20.4 Å². The van der Waals surface area contributed by atoms with Gasteiger partial charge in [-0.1, -0.05) is 24.3 Å². The van der Waals surface area contributed by atoms with E-state index in [1.54, 1.807) is 84.9 Å². The van der Waals surface area contributed by atoms with E-state index in [-0.39, 0.29) is 24.2 Å². The van der Waals surface area contributed by atoms with E-state index in [0.717, 1.165) is 0 Å². The summed E-state index contributed by atoms with van der Waals surface area (Å²) in [6.07, 6.45) is 0.405. The van der Waals surface area contributed by atoms with Gasteiger partial charge in [-0.2, -0.15) is 16.8 Å². The third-order valence-electron chi connectivity index (χ3n) is 7.89. The summed E-state index contributed by atoms with van der Waals surface area (Å²) in [5.41, 5.74) is 3.68. The Morgan fingerprint density at radius 3 is 1.41 bits per heavy atom. The van der Waals surface area contributed by atoms with E-state index in [9.17, 15) is 26.4 Å². The second kappa shape index (κ2) is 12.9. The number of nitrogens with one attached hydrogen (secondary N) is 2. The maximum absolute atomic E-state index is 13.1. The van der Waals surface area contributed by atoms with Gasteiger partial charge in [0.2, 0.25) is 0 Å². The van der Waals surface area contributed by atoms with Crippen molar-refractivity contribution >= 4 is 53.7 Å². The zero-order valence-corrected chi connectivity index (χ0v) is 27.8. The molecule has 0 amide bonds. The molecule has 13 nitrogen and oxygen atoms in total. The van der Waals surface area contributed by atoms with Gasteiger partial charge < -0.3 is 13.6 Å². The number of ether oxygens (including phenoxy) is 1. The molecular formula is C34H30N4O9S2. The normalized spacial score (nSPS) is 11.9. The smallest absolute Gasteiger partial charge is 0.340 e. The van der Waals surface area contributed by atoms with E-state index in [0.29, 0.717) is 66.8 Å². The summed E-state index contributed by atoms with van der Waals surface area (Å²) >= 11 is 0. The first-order chi connectivity index (χ1) is 23.1. The van der Waals surface area contributed by atoms with Gasteiger partial charge in [-0.25, -0.2) is 19.9 Å². The van der Waals surface area contributed by atoms with E-state index < -0.39 is 31.7 Å². The number of fused-ring (bicyclic) bond motifs is 2. The fourth-order valence-corrected chi connectivity index (χ4v) is 6.56. The average Bonchev–Trinajstić information content (AvgIpc) is 3.00.